The van der Waals surface area contributed by atoms with E-state index >= 15 is 0 Å². The van der Waals surface area contributed by atoms with E-state index in [1.165, 1.54) is 0 Å². The smallest absolute Gasteiger partial charge is 0.261 e. The van der Waals surface area contributed by atoms with Crippen LogP contribution in [0.15, 0.2) is 66.7 Å². The highest BCUT2D eigenvalue weighted by atomic mass is 32.2. The van der Waals surface area contributed by atoms with E-state index < -0.39 is 6.04 Å². The standard InChI is InChI=1S/C23H22N2O4S/c1-28-19-10-7-18(8-11-19)24-23(27)21-14-30-15-25(21)22(26)13-29-20-9-6-16-4-2-3-5-17(16)12-20/h2-12,21H,13-15H2,1H3,(H,24,27). The van der Waals surface area contributed by atoms with Crippen molar-refractivity contribution in [3.8, 4) is 11.5 Å². The number of carbonyl (C=O) groups is 2. The lowest BCUT2D eigenvalue weighted by atomic mass is 10.1. The van der Waals surface area contributed by atoms with Crippen molar-refractivity contribution in [1.29, 1.82) is 0 Å². The molecule has 4 rings (SSSR count). The number of amides is 2. The van der Waals surface area contributed by atoms with Gasteiger partial charge < -0.3 is 19.7 Å². The minimum Gasteiger partial charge on any atom is -0.497 e. The predicted molar refractivity (Wildman–Crippen MR) is 119 cm³/mol. The largest absolute Gasteiger partial charge is 0.497 e. The number of rotatable bonds is 6. The number of hydrogen-bond acceptors (Lipinski definition) is 5. The Hall–Kier alpha value is -3.19. The van der Waals surface area contributed by atoms with Crippen molar-refractivity contribution in [1.82, 2.24) is 4.90 Å². The van der Waals surface area contributed by atoms with Gasteiger partial charge in [0.25, 0.3) is 5.91 Å². The van der Waals surface area contributed by atoms with Gasteiger partial charge in [-0.3, -0.25) is 9.59 Å². The third kappa shape index (κ3) is 4.52. The fourth-order valence-corrected chi connectivity index (χ4v) is 4.47. The van der Waals surface area contributed by atoms with Crippen molar-refractivity contribution in [3.05, 3.63) is 66.7 Å². The Bertz CT molecular complexity index is 1050. The summed E-state index contributed by atoms with van der Waals surface area (Å²) in [6, 6.07) is 20.3. The highest BCUT2D eigenvalue weighted by molar-refractivity contribution is 7.99. The summed E-state index contributed by atoms with van der Waals surface area (Å²) in [6.45, 7) is -0.106. The molecular weight excluding hydrogens is 400 g/mol. The number of nitrogens with one attached hydrogen (secondary N) is 1. The SMILES string of the molecule is COc1ccc(NC(=O)C2CSCN2C(=O)COc2ccc3ccccc3c2)cc1. The normalized spacial score (nSPS) is 15.8. The second kappa shape index (κ2) is 9.09. The van der Waals surface area contributed by atoms with Crippen molar-refractivity contribution >= 4 is 40.0 Å². The Labute approximate surface area is 179 Å². The first-order valence-corrected chi connectivity index (χ1v) is 10.7. The zero-order valence-electron chi connectivity index (χ0n) is 16.5. The van der Waals surface area contributed by atoms with Gasteiger partial charge in [-0.1, -0.05) is 30.3 Å². The molecule has 3 aromatic carbocycles. The fourth-order valence-electron chi connectivity index (χ4n) is 3.29. The van der Waals surface area contributed by atoms with Gasteiger partial charge in [-0.2, -0.15) is 0 Å². The maximum absolute atomic E-state index is 12.7. The third-order valence-electron chi connectivity index (χ3n) is 4.95. The predicted octanol–water partition coefficient (Wildman–Crippen LogP) is 3.77. The van der Waals surface area contributed by atoms with Crippen LogP contribution in [0.1, 0.15) is 0 Å². The van der Waals surface area contributed by atoms with Crippen molar-refractivity contribution < 1.29 is 19.1 Å². The first-order valence-electron chi connectivity index (χ1n) is 9.58. The maximum atomic E-state index is 12.7. The fraction of sp³-hybridized carbons (Fsp3) is 0.217. The number of nitrogens with zero attached hydrogens (tertiary/aromatic N) is 1. The first-order chi connectivity index (χ1) is 14.6. The highest BCUT2D eigenvalue weighted by Crippen LogP contribution is 2.24. The summed E-state index contributed by atoms with van der Waals surface area (Å²) < 4.78 is 10.8. The number of thioether (sulfide) groups is 1. The molecule has 30 heavy (non-hydrogen) atoms. The van der Waals surface area contributed by atoms with E-state index in [0.29, 0.717) is 28.8 Å². The van der Waals surface area contributed by atoms with Gasteiger partial charge in [-0.15, -0.1) is 11.8 Å². The first kappa shape index (κ1) is 20.1. The van der Waals surface area contributed by atoms with E-state index in [-0.39, 0.29) is 18.4 Å². The Morgan fingerprint density at radius 1 is 1.03 bits per heavy atom. The monoisotopic (exact) mass is 422 g/mol. The molecule has 1 atom stereocenters. The molecule has 1 aliphatic rings. The number of methoxy groups -OCH3 is 1. The lowest BCUT2D eigenvalue weighted by Gasteiger charge is -2.23. The summed E-state index contributed by atoms with van der Waals surface area (Å²) in [4.78, 5) is 27.0. The van der Waals surface area contributed by atoms with E-state index in [1.807, 2.05) is 42.5 Å². The average molecular weight is 423 g/mol. The van der Waals surface area contributed by atoms with Crippen LogP contribution in [0.3, 0.4) is 0 Å². The molecule has 7 heteroatoms. The van der Waals surface area contributed by atoms with Crippen molar-refractivity contribution in [2.45, 2.75) is 6.04 Å². The Balaban J connectivity index is 1.36. The minimum absolute atomic E-state index is 0.106. The summed E-state index contributed by atoms with van der Waals surface area (Å²) in [6.07, 6.45) is 0. The molecular formula is C23H22N2O4S. The van der Waals surface area contributed by atoms with Crippen LogP contribution < -0.4 is 14.8 Å². The summed E-state index contributed by atoms with van der Waals surface area (Å²) in [5.74, 6) is 1.97. The van der Waals surface area contributed by atoms with Crippen LogP contribution in [-0.2, 0) is 9.59 Å². The molecule has 0 aliphatic carbocycles. The van der Waals surface area contributed by atoms with Crippen LogP contribution in [0, 0.1) is 0 Å². The number of ether oxygens (including phenoxy) is 2. The molecule has 1 N–H and O–H groups in total. The number of benzene rings is 3. The molecule has 3 aromatic rings. The molecule has 2 amide bonds. The van der Waals surface area contributed by atoms with Crippen LogP contribution in [0.2, 0.25) is 0 Å². The molecule has 0 spiro atoms. The zero-order chi connectivity index (χ0) is 20.9. The van der Waals surface area contributed by atoms with Gasteiger partial charge in [0.15, 0.2) is 6.61 Å². The van der Waals surface area contributed by atoms with Gasteiger partial charge in [0, 0.05) is 11.4 Å². The van der Waals surface area contributed by atoms with Gasteiger partial charge in [0.2, 0.25) is 5.91 Å². The van der Waals surface area contributed by atoms with Gasteiger partial charge in [0.1, 0.15) is 17.5 Å². The molecule has 0 aromatic heterocycles. The van der Waals surface area contributed by atoms with E-state index in [4.69, 9.17) is 9.47 Å². The molecule has 6 nitrogen and oxygen atoms in total. The van der Waals surface area contributed by atoms with E-state index in [9.17, 15) is 9.59 Å². The molecule has 1 saturated heterocycles. The number of fused-ring (bicyclic) bond motifs is 1. The molecule has 1 aliphatic heterocycles. The molecule has 1 fully saturated rings. The minimum atomic E-state index is -0.523. The summed E-state index contributed by atoms with van der Waals surface area (Å²) >= 11 is 1.56. The molecule has 0 saturated carbocycles. The topological polar surface area (TPSA) is 67.9 Å². The number of anilines is 1. The molecule has 1 unspecified atom stereocenters. The summed E-state index contributed by atoms with van der Waals surface area (Å²) in [5, 5.41) is 5.04. The molecule has 1 heterocycles. The van der Waals surface area contributed by atoms with Crippen LogP contribution in [0.25, 0.3) is 10.8 Å². The van der Waals surface area contributed by atoms with Crippen LogP contribution in [0.4, 0.5) is 5.69 Å². The van der Waals surface area contributed by atoms with Gasteiger partial charge in [0.05, 0.1) is 13.0 Å². The second-order valence-electron chi connectivity index (χ2n) is 6.89. The average Bonchev–Trinajstić information content (AvgIpc) is 3.28. The lowest BCUT2D eigenvalue weighted by Crippen LogP contribution is -2.46. The number of hydrogen-bond donors (Lipinski definition) is 1. The Morgan fingerprint density at radius 3 is 2.53 bits per heavy atom. The van der Waals surface area contributed by atoms with Gasteiger partial charge >= 0.3 is 0 Å². The Kier molecular flexibility index (Phi) is 6.09. The highest BCUT2D eigenvalue weighted by Gasteiger charge is 2.34. The quantitative estimate of drug-likeness (QED) is 0.655. The van der Waals surface area contributed by atoms with Crippen LogP contribution in [-0.4, -0.2) is 48.1 Å². The third-order valence-corrected chi connectivity index (χ3v) is 5.96. The van der Waals surface area contributed by atoms with Gasteiger partial charge in [-0.05, 0) is 47.2 Å². The summed E-state index contributed by atoms with van der Waals surface area (Å²) in [5.41, 5.74) is 0.664. The van der Waals surface area contributed by atoms with Crippen molar-refractivity contribution in [3.63, 3.8) is 0 Å². The van der Waals surface area contributed by atoms with Crippen LogP contribution >= 0.6 is 11.8 Å². The maximum Gasteiger partial charge on any atom is 0.261 e. The number of carbonyl (C=O) groups excluding carboxylic acids is 2. The molecule has 0 radical (unpaired) electrons. The molecule has 0 bridgehead atoms. The Morgan fingerprint density at radius 2 is 1.77 bits per heavy atom. The second-order valence-corrected chi connectivity index (χ2v) is 7.89. The van der Waals surface area contributed by atoms with Gasteiger partial charge in [-0.25, -0.2) is 0 Å². The lowest BCUT2D eigenvalue weighted by molar-refractivity contribution is -0.137. The van der Waals surface area contributed by atoms with E-state index in [0.717, 1.165) is 10.8 Å². The van der Waals surface area contributed by atoms with Crippen molar-refractivity contribution in [2.75, 3.05) is 30.7 Å². The van der Waals surface area contributed by atoms with E-state index in [1.54, 1.807) is 48.0 Å². The summed E-state index contributed by atoms with van der Waals surface area (Å²) in [7, 11) is 1.59. The van der Waals surface area contributed by atoms with Crippen molar-refractivity contribution in [2.24, 2.45) is 0 Å². The zero-order valence-corrected chi connectivity index (χ0v) is 17.4. The van der Waals surface area contributed by atoms with Crippen LogP contribution in [0.5, 0.6) is 11.5 Å². The van der Waals surface area contributed by atoms with E-state index in [2.05, 4.69) is 5.32 Å². The molecule has 154 valence electrons.